The molecule has 0 fully saturated rings. The largest absolute Gasteiger partial charge is 0.477 e. The Balaban J connectivity index is 1.69. The lowest BCUT2D eigenvalue weighted by Gasteiger charge is -2.15. The molecule has 7 heteroatoms. The fourth-order valence-corrected chi connectivity index (χ4v) is 4.51. The number of carbonyl (C=O) groups excluding carboxylic acids is 1. The van der Waals surface area contributed by atoms with Crippen LogP contribution in [0.15, 0.2) is 24.3 Å². The van der Waals surface area contributed by atoms with E-state index < -0.39 is 5.97 Å². The number of nitrogens with zero attached hydrogens (tertiary/aromatic N) is 2. The first-order valence-electron chi connectivity index (χ1n) is 8.87. The number of carboxylic acids is 1. The van der Waals surface area contributed by atoms with E-state index in [1.54, 1.807) is 6.92 Å². The Hall–Kier alpha value is -2.80. The summed E-state index contributed by atoms with van der Waals surface area (Å²) in [6, 6.07) is 7.31. The third-order valence-corrected chi connectivity index (χ3v) is 6.20. The lowest BCUT2D eigenvalue weighted by molar-refractivity contribution is 0.0701. The van der Waals surface area contributed by atoms with Gasteiger partial charge in [0.05, 0.1) is 22.8 Å². The summed E-state index contributed by atoms with van der Waals surface area (Å²) in [5.74, 6) is -1.16. The van der Waals surface area contributed by atoms with Crippen LogP contribution in [-0.4, -0.2) is 27.0 Å². The Labute approximate surface area is 160 Å². The zero-order chi connectivity index (χ0) is 19.1. The Morgan fingerprint density at radius 2 is 2.00 bits per heavy atom. The maximum Gasteiger partial charge on any atom is 0.347 e. The molecule has 1 atom stereocenters. The molecule has 2 heterocycles. The van der Waals surface area contributed by atoms with E-state index in [-0.39, 0.29) is 16.8 Å². The first-order chi connectivity index (χ1) is 13.0. The topological polar surface area (TPSA) is 92.2 Å². The fourth-order valence-electron chi connectivity index (χ4n) is 3.60. The molecule has 138 valence electrons. The molecule has 2 aromatic heterocycles. The van der Waals surface area contributed by atoms with Crippen LogP contribution in [0.5, 0.6) is 0 Å². The number of fused-ring (bicyclic) bond motifs is 2. The summed E-state index contributed by atoms with van der Waals surface area (Å²) in [6.07, 6.45) is 2.75. The number of thiazole rings is 1. The van der Waals surface area contributed by atoms with Gasteiger partial charge < -0.3 is 10.4 Å². The minimum atomic E-state index is -0.993. The summed E-state index contributed by atoms with van der Waals surface area (Å²) in [7, 11) is 0. The third kappa shape index (κ3) is 3.08. The van der Waals surface area contributed by atoms with Gasteiger partial charge in [0.2, 0.25) is 0 Å². The molecule has 2 N–H and O–H groups in total. The number of benzene rings is 1. The number of rotatable bonds is 4. The molecule has 0 spiro atoms. The van der Waals surface area contributed by atoms with Crippen LogP contribution in [0.3, 0.4) is 0 Å². The van der Waals surface area contributed by atoms with Crippen molar-refractivity contribution in [3.63, 3.8) is 0 Å². The molecule has 0 bridgehead atoms. The lowest BCUT2D eigenvalue weighted by atomic mass is 10.0. The zero-order valence-corrected chi connectivity index (χ0v) is 15.9. The fraction of sp³-hybridized carbons (Fsp3) is 0.300. The van der Waals surface area contributed by atoms with Crippen molar-refractivity contribution in [2.24, 2.45) is 0 Å². The summed E-state index contributed by atoms with van der Waals surface area (Å²) in [5, 5.41) is 13.7. The molecule has 1 aromatic carbocycles. The van der Waals surface area contributed by atoms with E-state index in [1.165, 1.54) is 0 Å². The SMILES string of the molecule is Cc1nc(C(C)NC(=O)c2c3c(nc4ccccc24)CCC3)sc1C(=O)O. The number of hydrogen-bond donors (Lipinski definition) is 2. The number of hydrogen-bond acceptors (Lipinski definition) is 5. The normalized spacial score (nSPS) is 14.1. The molecule has 1 amide bonds. The van der Waals surface area contributed by atoms with E-state index in [0.717, 1.165) is 52.8 Å². The van der Waals surface area contributed by atoms with Crippen molar-refractivity contribution in [3.05, 3.63) is 56.7 Å². The predicted molar refractivity (Wildman–Crippen MR) is 103 cm³/mol. The van der Waals surface area contributed by atoms with Crippen molar-refractivity contribution in [1.82, 2.24) is 15.3 Å². The first kappa shape index (κ1) is 17.6. The second-order valence-corrected chi connectivity index (χ2v) is 7.78. The number of para-hydroxylation sites is 1. The highest BCUT2D eigenvalue weighted by atomic mass is 32.1. The smallest absolute Gasteiger partial charge is 0.347 e. The van der Waals surface area contributed by atoms with E-state index in [1.807, 2.05) is 31.2 Å². The third-order valence-electron chi connectivity index (χ3n) is 4.87. The number of aromatic nitrogens is 2. The lowest BCUT2D eigenvalue weighted by Crippen LogP contribution is -2.28. The molecule has 4 rings (SSSR count). The van der Waals surface area contributed by atoms with Gasteiger partial charge >= 0.3 is 5.97 Å². The Morgan fingerprint density at radius 3 is 2.74 bits per heavy atom. The summed E-state index contributed by atoms with van der Waals surface area (Å²) in [6.45, 7) is 3.49. The van der Waals surface area contributed by atoms with Crippen LogP contribution in [0.4, 0.5) is 0 Å². The van der Waals surface area contributed by atoms with Crippen LogP contribution < -0.4 is 5.32 Å². The van der Waals surface area contributed by atoms with Crippen molar-refractivity contribution in [3.8, 4) is 0 Å². The van der Waals surface area contributed by atoms with Crippen molar-refractivity contribution in [1.29, 1.82) is 0 Å². The minimum Gasteiger partial charge on any atom is -0.477 e. The van der Waals surface area contributed by atoms with Gasteiger partial charge in [-0.2, -0.15) is 0 Å². The van der Waals surface area contributed by atoms with Crippen LogP contribution in [0.1, 0.15) is 61.4 Å². The zero-order valence-electron chi connectivity index (χ0n) is 15.1. The molecule has 1 aliphatic carbocycles. The quantitative estimate of drug-likeness (QED) is 0.719. The minimum absolute atomic E-state index is 0.163. The van der Waals surface area contributed by atoms with Crippen molar-refractivity contribution >= 4 is 34.1 Å². The van der Waals surface area contributed by atoms with Gasteiger partial charge in [-0.05, 0) is 44.7 Å². The molecule has 0 aliphatic heterocycles. The monoisotopic (exact) mass is 381 g/mol. The molecule has 0 radical (unpaired) electrons. The summed E-state index contributed by atoms with van der Waals surface area (Å²) in [5.41, 5.74) is 4.02. The molecule has 27 heavy (non-hydrogen) atoms. The number of aryl methyl sites for hydroxylation is 2. The standard InChI is InChI=1S/C20H19N3O3S/c1-10-17(20(25)26)27-19(22-10)11(2)21-18(24)16-12-6-3-4-8-14(12)23-15-9-5-7-13(15)16/h3-4,6,8,11H,5,7,9H2,1-2H3,(H,21,24)(H,25,26). The average Bonchev–Trinajstić information content (AvgIpc) is 3.25. The van der Waals surface area contributed by atoms with Crippen molar-refractivity contribution < 1.29 is 14.7 Å². The van der Waals surface area contributed by atoms with Crippen molar-refractivity contribution in [2.75, 3.05) is 0 Å². The number of pyridine rings is 1. The second-order valence-electron chi connectivity index (χ2n) is 6.75. The number of aromatic carboxylic acids is 1. The van der Waals surface area contributed by atoms with Crippen LogP contribution in [-0.2, 0) is 12.8 Å². The van der Waals surface area contributed by atoms with Gasteiger partial charge in [-0.15, -0.1) is 11.3 Å². The maximum absolute atomic E-state index is 13.1. The van der Waals surface area contributed by atoms with Gasteiger partial charge in [-0.3, -0.25) is 9.78 Å². The molecule has 3 aromatic rings. The Morgan fingerprint density at radius 1 is 1.22 bits per heavy atom. The first-order valence-corrected chi connectivity index (χ1v) is 9.69. The maximum atomic E-state index is 13.1. The second kappa shape index (κ2) is 6.74. The summed E-state index contributed by atoms with van der Waals surface area (Å²) < 4.78 is 0. The molecule has 1 aliphatic rings. The van der Waals surface area contributed by atoms with Crippen molar-refractivity contribution in [2.45, 2.75) is 39.2 Å². The summed E-state index contributed by atoms with van der Waals surface area (Å²) in [4.78, 5) is 33.6. The number of carboxylic acid groups (broad SMARTS) is 1. The van der Waals surface area contributed by atoms with Crippen LogP contribution in [0.25, 0.3) is 10.9 Å². The van der Waals surface area contributed by atoms with Crippen LogP contribution in [0, 0.1) is 6.92 Å². The van der Waals surface area contributed by atoms with E-state index in [4.69, 9.17) is 4.98 Å². The van der Waals surface area contributed by atoms with Crippen LogP contribution in [0.2, 0.25) is 0 Å². The number of amides is 1. The van der Waals surface area contributed by atoms with Gasteiger partial charge in [0.1, 0.15) is 9.88 Å². The molecule has 0 saturated carbocycles. The van der Waals surface area contributed by atoms with Gasteiger partial charge in [-0.1, -0.05) is 18.2 Å². The van der Waals surface area contributed by atoms with Gasteiger partial charge in [0.15, 0.2) is 0 Å². The number of nitrogens with one attached hydrogen (secondary N) is 1. The van der Waals surface area contributed by atoms with E-state index >= 15 is 0 Å². The van der Waals surface area contributed by atoms with E-state index in [0.29, 0.717) is 16.3 Å². The van der Waals surface area contributed by atoms with Gasteiger partial charge in [-0.25, -0.2) is 9.78 Å². The summed E-state index contributed by atoms with van der Waals surface area (Å²) >= 11 is 1.10. The number of carbonyl (C=O) groups is 2. The Kier molecular flexibility index (Phi) is 4.39. The molecule has 0 saturated heterocycles. The van der Waals surface area contributed by atoms with E-state index in [9.17, 15) is 14.7 Å². The van der Waals surface area contributed by atoms with Gasteiger partial charge in [0.25, 0.3) is 5.91 Å². The highest BCUT2D eigenvalue weighted by Crippen LogP contribution is 2.31. The molecular formula is C20H19N3O3S. The highest BCUT2D eigenvalue weighted by molar-refractivity contribution is 7.13. The average molecular weight is 381 g/mol. The van der Waals surface area contributed by atoms with Crippen LogP contribution >= 0.6 is 11.3 Å². The highest BCUT2D eigenvalue weighted by Gasteiger charge is 2.26. The Bertz CT molecular complexity index is 1070. The molecular weight excluding hydrogens is 362 g/mol. The predicted octanol–water partition coefficient (Wildman–Crippen LogP) is 3.68. The van der Waals surface area contributed by atoms with E-state index in [2.05, 4.69) is 10.3 Å². The molecule has 1 unspecified atom stereocenters. The van der Waals surface area contributed by atoms with Gasteiger partial charge in [0, 0.05) is 11.1 Å². The molecule has 6 nitrogen and oxygen atoms in total.